The Morgan fingerprint density at radius 1 is 1.32 bits per heavy atom. The number of aromatic nitrogens is 1. The van der Waals surface area contributed by atoms with Crippen molar-refractivity contribution in [2.75, 3.05) is 18.4 Å². The number of hydrogen-bond donors (Lipinski definition) is 2. The summed E-state index contributed by atoms with van der Waals surface area (Å²) in [6.45, 7) is 1.03. The van der Waals surface area contributed by atoms with Gasteiger partial charge in [-0.3, -0.25) is 14.7 Å². The van der Waals surface area contributed by atoms with E-state index in [1.807, 2.05) is 6.07 Å². The number of nitrogens with zero attached hydrogens (tertiary/aromatic N) is 2. The Morgan fingerprint density at radius 2 is 2.12 bits per heavy atom. The van der Waals surface area contributed by atoms with Crippen molar-refractivity contribution in [1.29, 1.82) is 0 Å². The molecule has 0 bridgehead atoms. The van der Waals surface area contributed by atoms with Crippen LogP contribution in [0.2, 0.25) is 0 Å². The van der Waals surface area contributed by atoms with E-state index in [9.17, 15) is 9.18 Å². The summed E-state index contributed by atoms with van der Waals surface area (Å²) < 4.78 is 13.3. The Hall–Kier alpha value is -2.21. The molecule has 5 nitrogen and oxygen atoms in total. The Morgan fingerprint density at radius 3 is 2.84 bits per heavy atom. The first kappa shape index (κ1) is 16.3. The molecular weight excluding hydrogens is 321 g/mol. The zero-order chi connectivity index (χ0) is 17.4. The van der Waals surface area contributed by atoms with E-state index >= 15 is 0 Å². The average molecular weight is 343 g/mol. The minimum absolute atomic E-state index is 0.130. The molecule has 0 aliphatic heterocycles. The van der Waals surface area contributed by atoms with Gasteiger partial charge in [0.2, 0.25) is 0 Å². The number of aliphatic carboxylic acids is 1. The molecule has 2 N–H and O–H groups in total. The Kier molecular flexibility index (Phi) is 4.29. The third-order valence-electron chi connectivity index (χ3n) is 5.22. The van der Waals surface area contributed by atoms with Gasteiger partial charge >= 0.3 is 5.97 Å². The molecule has 6 heteroatoms. The molecule has 0 radical (unpaired) electrons. The lowest BCUT2D eigenvalue weighted by molar-refractivity contribution is -0.139. The lowest BCUT2D eigenvalue weighted by atomic mass is 9.85. The van der Waals surface area contributed by atoms with E-state index in [2.05, 4.69) is 15.2 Å². The van der Waals surface area contributed by atoms with E-state index in [0.29, 0.717) is 23.5 Å². The van der Waals surface area contributed by atoms with Crippen LogP contribution < -0.4 is 5.32 Å². The third-order valence-corrected chi connectivity index (χ3v) is 5.22. The van der Waals surface area contributed by atoms with Crippen LogP contribution in [0.15, 0.2) is 30.5 Å². The van der Waals surface area contributed by atoms with Crippen molar-refractivity contribution in [2.45, 2.75) is 37.8 Å². The fourth-order valence-corrected chi connectivity index (χ4v) is 3.62. The number of hydrogen-bond acceptors (Lipinski definition) is 4. The maximum atomic E-state index is 13.3. The van der Waals surface area contributed by atoms with Crippen molar-refractivity contribution < 1.29 is 14.3 Å². The normalized spacial score (nSPS) is 22.8. The minimum atomic E-state index is -0.751. The number of anilines is 1. The number of fused-ring (bicyclic) bond motifs is 1. The predicted octanol–water partition coefficient (Wildman–Crippen LogP) is 3.11. The number of carbonyl (C=O) groups is 1. The summed E-state index contributed by atoms with van der Waals surface area (Å²) in [5, 5.41) is 13.6. The van der Waals surface area contributed by atoms with Crippen molar-refractivity contribution >= 4 is 22.6 Å². The van der Waals surface area contributed by atoms with Crippen LogP contribution >= 0.6 is 0 Å². The highest BCUT2D eigenvalue weighted by Gasteiger charge is 2.37. The first-order valence-corrected chi connectivity index (χ1v) is 8.85. The average Bonchev–Trinajstić information content (AvgIpc) is 3.33. The maximum Gasteiger partial charge on any atom is 0.317 e. The summed E-state index contributed by atoms with van der Waals surface area (Å²) >= 11 is 0. The molecule has 0 saturated heterocycles. The topological polar surface area (TPSA) is 65.5 Å². The number of rotatable bonds is 7. The lowest BCUT2D eigenvalue weighted by Gasteiger charge is -2.43. The summed E-state index contributed by atoms with van der Waals surface area (Å²) in [6.07, 6.45) is 6.01. The fraction of sp³-hybridized carbons (Fsp3) is 0.474. The van der Waals surface area contributed by atoms with E-state index < -0.39 is 5.97 Å². The van der Waals surface area contributed by atoms with E-state index in [0.717, 1.165) is 30.5 Å². The number of carboxylic acids is 1. The lowest BCUT2D eigenvalue weighted by Crippen LogP contribution is -2.52. The molecule has 0 atom stereocenters. The molecule has 2 aromatic rings. The van der Waals surface area contributed by atoms with E-state index in [4.69, 9.17) is 5.11 Å². The number of halogens is 1. The van der Waals surface area contributed by atoms with Gasteiger partial charge in [0.25, 0.3) is 0 Å². The molecule has 1 heterocycles. The molecular formula is C19H22FN3O2. The zero-order valence-corrected chi connectivity index (χ0v) is 14.0. The van der Waals surface area contributed by atoms with Crippen LogP contribution in [-0.4, -0.2) is 46.1 Å². The highest BCUT2D eigenvalue weighted by molar-refractivity contribution is 5.91. The molecule has 2 aliphatic carbocycles. The van der Waals surface area contributed by atoms with Crippen molar-refractivity contribution in [2.24, 2.45) is 5.92 Å². The fourth-order valence-electron chi connectivity index (χ4n) is 3.62. The molecule has 1 aromatic heterocycles. The number of pyridine rings is 1. The van der Waals surface area contributed by atoms with Crippen molar-refractivity contribution in [3.8, 4) is 0 Å². The highest BCUT2D eigenvalue weighted by atomic mass is 19.1. The third kappa shape index (κ3) is 3.74. The standard InChI is InChI=1S/C19H22FN3O2/c20-13-3-4-16-17(5-6-21-18(16)7-13)22-14-8-15(9-14)23(11-19(24)25)10-12-1-2-12/h3-7,12,14-15H,1-2,8-11H2,(H,21,22)(H,24,25). The van der Waals surface area contributed by atoms with Gasteiger partial charge < -0.3 is 10.4 Å². The van der Waals surface area contributed by atoms with Crippen molar-refractivity contribution in [3.05, 3.63) is 36.3 Å². The second-order valence-electron chi connectivity index (χ2n) is 7.25. The van der Waals surface area contributed by atoms with Crippen LogP contribution in [0.5, 0.6) is 0 Å². The molecule has 2 aliphatic rings. The van der Waals surface area contributed by atoms with Crippen LogP contribution in [0.25, 0.3) is 10.9 Å². The van der Waals surface area contributed by atoms with Gasteiger partial charge in [0, 0.05) is 42.0 Å². The van der Waals surface area contributed by atoms with Gasteiger partial charge in [0.15, 0.2) is 0 Å². The number of carboxylic acid groups (broad SMARTS) is 1. The second kappa shape index (κ2) is 6.59. The number of benzene rings is 1. The smallest absolute Gasteiger partial charge is 0.317 e. The summed E-state index contributed by atoms with van der Waals surface area (Å²) in [5.74, 6) is -0.352. The van der Waals surface area contributed by atoms with Gasteiger partial charge in [-0.05, 0) is 49.8 Å². The van der Waals surface area contributed by atoms with Gasteiger partial charge in [-0.1, -0.05) is 0 Å². The summed E-state index contributed by atoms with van der Waals surface area (Å²) in [4.78, 5) is 17.4. The SMILES string of the molecule is O=C(O)CN(CC1CC1)C1CC(Nc2ccnc3cc(F)ccc23)C1. The van der Waals surface area contributed by atoms with Crippen LogP contribution in [0.4, 0.5) is 10.1 Å². The highest BCUT2D eigenvalue weighted by Crippen LogP contribution is 2.35. The molecule has 132 valence electrons. The van der Waals surface area contributed by atoms with Gasteiger partial charge in [-0.2, -0.15) is 0 Å². The molecule has 2 saturated carbocycles. The van der Waals surface area contributed by atoms with E-state index in [1.54, 1.807) is 12.3 Å². The van der Waals surface area contributed by atoms with Gasteiger partial charge in [-0.15, -0.1) is 0 Å². The van der Waals surface area contributed by atoms with E-state index in [1.165, 1.54) is 25.0 Å². The van der Waals surface area contributed by atoms with E-state index in [-0.39, 0.29) is 12.4 Å². The first-order chi connectivity index (χ1) is 12.1. The predicted molar refractivity (Wildman–Crippen MR) is 94.1 cm³/mol. The summed E-state index contributed by atoms with van der Waals surface area (Å²) in [5.41, 5.74) is 1.60. The minimum Gasteiger partial charge on any atom is -0.480 e. The molecule has 2 fully saturated rings. The molecule has 0 unspecified atom stereocenters. The summed E-state index contributed by atoms with van der Waals surface area (Å²) in [6, 6.07) is 7.19. The van der Waals surface area contributed by atoms with Crippen LogP contribution in [0.3, 0.4) is 0 Å². The van der Waals surface area contributed by atoms with Crippen LogP contribution in [-0.2, 0) is 4.79 Å². The quantitative estimate of drug-likeness (QED) is 0.809. The van der Waals surface area contributed by atoms with Crippen LogP contribution in [0.1, 0.15) is 25.7 Å². The molecule has 25 heavy (non-hydrogen) atoms. The van der Waals surface area contributed by atoms with Gasteiger partial charge in [0.1, 0.15) is 5.82 Å². The van der Waals surface area contributed by atoms with Gasteiger partial charge in [0.05, 0.1) is 12.1 Å². The maximum absolute atomic E-state index is 13.3. The first-order valence-electron chi connectivity index (χ1n) is 8.85. The monoisotopic (exact) mass is 343 g/mol. The summed E-state index contributed by atoms with van der Waals surface area (Å²) in [7, 11) is 0. The molecule has 0 amide bonds. The molecule has 0 spiro atoms. The van der Waals surface area contributed by atoms with Crippen LogP contribution in [0, 0.1) is 11.7 Å². The zero-order valence-electron chi connectivity index (χ0n) is 14.0. The molecule has 4 rings (SSSR count). The Labute approximate surface area is 145 Å². The Bertz CT molecular complexity index is 787. The Balaban J connectivity index is 1.40. The largest absolute Gasteiger partial charge is 0.480 e. The second-order valence-corrected chi connectivity index (χ2v) is 7.25. The molecule has 1 aromatic carbocycles. The van der Waals surface area contributed by atoms with Crippen molar-refractivity contribution in [1.82, 2.24) is 9.88 Å². The van der Waals surface area contributed by atoms with Gasteiger partial charge in [-0.25, -0.2) is 4.39 Å². The van der Waals surface area contributed by atoms with Crippen molar-refractivity contribution in [3.63, 3.8) is 0 Å². The number of nitrogens with one attached hydrogen (secondary N) is 1.